The van der Waals surface area contributed by atoms with Gasteiger partial charge in [-0.15, -0.1) is 0 Å². The number of ether oxygens (including phenoxy) is 1. The summed E-state index contributed by atoms with van der Waals surface area (Å²) in [6.45, 7) is 8.16. The van der Waals surface area contributed by atoms with Gasteiger partial charge < -0.3 is 10.5 Å². The number of pyridine rings is 1. The van der Waals surface area contributed by atoms with Gasteiger partial charge in [0.15, 0.2) is 0 Å². The number of morpholine rings is 1. The molecule has 1 aliphatic rings. The zero-order valence-corrected chi connectivity index (χ0v) is 12.1. The number of aromatic nitrogens is 1. The Hall–Kier alpha value is -0.970. The third-order valence-electron chi connectivity index (χ3n) is 3.88. The van der Waals surface area contributed by atoms with Crippen LogP contribution in [0.3, 0.4) is 0 Å². The molecular weight excluding hydrogens is 238 g/mol. The molecular formula is C15H25N3O. The Kier molecular flexibility index (Phi) is 4.91. The second kappa shape index (κ2) is 6.46. The van der Waals surface area contributed by atoms with Crippen LogP contribution in [0.15, 0.2) is 24.5 Å². The first-order valence-electron chi connectivity index (χ1n) is 7.16. The number of nitrogens with zero attached hydrogens (tertiary/aromatic N) is 2. The maximum atomic E-state index is 6.26. The summed E-state index contributed by atoms with van der Waals surface area (Å²) in [4.78, 5) is 6.61. The van der Waals surface area contributed by atoms with Gasteiger partial charge in [-0.2, -0.15) is 0 Å². The van der Waals surface area contributed by atoms with Crippen LogP contribution in [-0.4, -0.2) is 41.2 Å². The molecule has 1 saturated heterocycles. The van der Waals surface area contributed by atoms with Gasteiger partial charge in [0.05, 0.1) is 18.8 Å². The van der Waals surface area contributed by atoms with E-state index in [0.29, 0.717) is 6.04 Å². The predicted molar refractivity (Wildman–Crippen MR) is 76.8 cm³/mol. The van der Waals surface area contributed by atoms with Crippen LogP contribution in [0.1, 0.15) is 38.8 Å². The number of hydrogen-bond donors (Lipinski definition) is 1. The van der Waals surface area contributed by atoms with Crippen molar-refractivity contribution in [3.8, 4) is 0 Å². The van der Waals surface area contributed by atoms with Crippen LogP contribution in [-0.2, 0) is 4.74 Å². The van der Waals surface area contributed by atoms with Gasteiger partial charge in [-0.1, -0.05) is 6.92 Å². The second-order valence-electron chi connectivity index (χ2n) is 5.49. The van der Waals surface area contributed by atoms with Gasteiger partial charge in [0.1, 0.15) is 0 Å². The van der Waals surface area contributed by atoms with E-state index >= 15 is 0 Å². The lowest BCUT2D eigenvalue weighted by Crippen LogP contribution is -2.53. The first-order chi connectivity index (χ1) is 9.13. The van der Waals surface area contributed by atoms with Crippen molar-refractivity contribution in [2.45, 2.75) is 51.4 Å². The minimum absolute atomic E-state index is 0.0850. The summed E-state index contributed by atoms with van der Waals surface area (Å²) in [6.07, 6.45) is 5.04. The third-order valence-corrected chi connectivity index (χ3v) is 3.88. The van der Waals surface area contributed by atoms with Gasteiger partial charge in [0, 0.05) is 31.0 Å². The van der Waals surface area contributed by atoms with Crippen molar-refractivity contribution in [2.24, 2.45) is 5.73 Å². The fraction of sp³-hybridized carbons (Fsp3) is 0.667. The smallest absolute Gasteiger partial charge is 0.0675 e. The standard InChI is InChI=1S/C15H25N3O/c1-4-14-10-19-11(2)9-18(14)15(12(3)16)13-5-7-17-8-6-13/h5-8,11-12,14-15H,4,9-10,16H2,1-3H3. The average molecular weight is 263 g/mol. The molecule has 4 atom stereocenters. The molecule has 19 heavy (non-hydrogen) atoms. The Bertz CT molecular complexity index is 382. The Morgan fingerprint density at radius 1 is 1.47 bits per heavy atom. The van der Waals surface area contributed by atoms with Crippen molar-refractivity contribution in [2.75, 3.05) is 13.2 Å². The molecule has 0 aliphatic carbocycles. The normalized spacial score (nSPS) is 28.0. The third kappa shape index (κ3) is 3.32. The van der Waals surface area contributed by atoms with Crippen molar-refractivity contribution >= 4 is 0 Å². The van der Waals surface area contributed by atoms with Crippen molar-refractivity contribution in [1.82, 2.24) is 9.88 Å². The summed E-state index contributed by atoms with van der Waals surface area (Å²) in [5, 5.41) is 0. The minimum atomic E-state index is 0.0850. The van der Waals surface area contributed by atoms with E-state index in [1.807, 2.05) is 12.4 Å². The lowest BCUT2D eigenvalue weighted by atomic mass is 9.96. The van der Waals surface area contributed by atoms with E-state index in [0.717, 1.165) is 19.6 Å². The maximum Gasteiger partial charge on any atom is 0.0675 e. The van der Waals surface area contributed by atoms with Gasteiger partial charge in [0.2, 0.25) is 0 Å². The van der Waals surface area contributed by atoms with E-state index in [1.54, 1.807) is 0 Å². The van der Waals surface area contributed by atoms with Crippen LogP contribution in [0.4, 0.5) is 0 Å². The molecule has 2 N–H and O–H groups in total. The van der Waals surface area contributed by atoms with Gasteiger partial charge in [-0.05, 0) is 38.0 Å². The molecule has 106 valence electrons. The highest BCUT2D eigenvalue weighted by Gasteiger charge is 2.33. The summed E-state index contributed by atoms with van der Waals surface area (Å²) >= 11 is 0. The van der Waals surface area contributed by atoms with E-state index in [4.69, 9.17) is 10.5 Å². The molecule has 2 rings (SSSR count). The molecule has 0 saturated carbocycles. The van der Waals surface area contributed by atoms with E-state index in [-0.39, 0.29) is 18.2 Å². The molecule has 4 nitrogen and oxygen atoms in total. The summed E-state index contributed by atoms with van der Waals surface area (Å²) in [6, 6.07) is 4.91. The maximum absolute atomic E-state index is 6.26. The van der Waals surface area contributed by atoms with E-state index in [9.17, 15) is 0 Å². The van der Waals surface area contributed by atoms with Gasteiger partial charge in [-0.3, -0.25) is 9.88 Å². The van der Waals surface area contributed by atoms with Crippen molar-refractivity contribution in [1.29, 1.82) is 0 Å². The fourth-order valence-corrected chi connectivity index (χ4v) is 2.92. The largest absolute Gasteiger partial charge is 0.376 e. The molecule has 2 heterocycles. The Morgan fingerprint density at radius 2 is 2.16 bits per heavy atom. The number of nitrogens with two attached hydrogens (primary N) is 1. The molecule has 1 fully saturated rings. The number of rotatable bonds is 4. The zero-order chi connectivity index (χ0) is 13.8. The Morgan fingerprint density at radius 3 is 2.74 bits per heavy atom. The molecule has 1 aliphatic heterocycles. The van der Waals surface area contributed by atoms with Gasteiger partial charge in [0.25, 0.3) is 0 Å². The van der Waals surface area contributed by atoms with E-state index < -0.39 is 0 Å². The zero-order valence-electron chi connectivity index (χ0n) is 12.1. The predicted octanol–water partition coefficient (Wildman–Crippen LogP) is 1.97. The van der Waals surface area contributed by atoms with Gasteiger partial charge >= 0.3 is 0 Å². The summed E-state index contributed by atoms with van der Waals surface area (Å²) < 4.78 is 5.78. The Balaban J connectivity index is 2.26. The topological polar surface area (TPSA) is 51.4 Å². The first kappa shape index (κ1) is 14.4. The fourth-order valence-electron chi connectivity index (χ4n) is 2.92. The minimum Gasteiger partial charge on any atom is -0.376 e. The molecule has 0 radical (unpaired) electrons. The molecule has 0 aromatic carbocycles. The summed E-state index contributed by atoms with van der Waals surface area (Å²) in [5.74, 6) is 0. The van der Waals surface area contributed by atoms with Crippen molar-refractivity contribution in [3.05, 3.63) is 30.1 Å². The van der Waals surface area contributed by atoms with Crippen LogP contribution in [0.5, 0.6) is 0 Å². The first-order valence-corrected chi connectivity index (χ1v) is 7.16. The highest BCUT2D eigenvalue weighted by atomic mass is 16.5. The van der Waals surface area contributed by atoms with E-state index in [2.05, 4.69) is 42.8 Å². The molecule has 4 heteroatoms. The SMILES string of the molecule is CCC1COC(C)CN1C(c1ccncc1)C(C)N. The summed E-state index contributed by atoms with van der Waals surface area (Å²) in [5.41, 5.74) is 7.51. The monoisotopic (exact) mass is 263 g/mol. The quantitative estimate of drug-likeness (QED) is 0.902. The lowest BCUT2D eigenvalue weighted by molar-refractivity contribution is -0.0762. The molecule has 0 bridgehead atoms. The average Bonchev–Trinajstić information content (AvgIpc) is 2.40. The molecule has 4 unspecified atom stereocenters. The summed E-state index contributed by atoms with van der Waals surface area (Å²) in [7, 11) is 0. The highest BCUT2D eigenvalue weighted by molar-refractivity contribution is 5.18. The Labute approximate surface area is 116 Å². The highest BCUT2D eigenvalue weighted by Crippen LogP contribution is 2.29. The van der Waals surface area contributed by atoms with Crippen LogP contribution >= 0.6 is 0 Å². The van der Waals surface area contributed by atoms with Crippen LogP contribution in [0, 0.1) is 0 Å². The van der Waals surface area contributed by atoms with Crippen LogP contribution in [0.2, 0.25) is 0 Å². The lowest BCUT2D eigenvalue weighted by Gasteiger charge is -2.44. The molecule has 1 aromatic rings. The molecule has 0 spiro atoms. The van der Waals surface area contributed by atoms with Crippen LogP contribution in [0.25, 0.3) is 0 Å². The van der Waals surface area contributed by atoms with Crippen molar-refractivity contribution < 1.29 is 4.74 Å². The number of hydrogen-bond acceptors (Lipinski definition) is 4. The van der Waals surface area contributed by atoms with Gasteiger partial charge in [-0.25, -0.2) is 0 Å². The van der Waals surface area contributed by atoms with Crippen LogP contribution < -0.4 is 5.73 Å². The molecule has 1 aromatic heterocycles. The second-order valence-corrected chi connectivity index (χ2v) is 5.49. The van der Waals surface area contributed by atoms with Crippen molar-refractivity contribution in [3.63, 3.8) is 0 Å². The molecule has 0 amide bonds. The van der Waals surface area contributed by atoms with E-state index in [1.165, 1.54) is 5.56 Å².